The first-order valence-corrected chi connectivity index (χ1v) is 9.44. The van der Waals surface area contributed by atoms with E-state index in [0.717, 1.165) is 10.0 Å². The van der Waals surface area contributed by atoms with Gasteiger partial charge >= 0.3 is 0 Å². The SMILES string of the molecule is CC(=O)N1[C@@H](C(=O)N2CCOCC2)CS[C@@H]1c1ccc(Br)cc1. The normalized spacial score (nSPS) is 24.8. The highest BCUT2D eigenvalue weighted by atomic mass is 79.9. The first kappa shape index (κ1) is 16.8. The summed E-state index contributed by atoms with van der Waals surface area (Å²) in [6.07, 6.45) is 0. The maximum atomic E-state index is 12.8. The Bertz CT molecular complexity index is 589. The first-order valence-electron chi connectivity index (χ1n) is 7.60. The van der Waals surface area contributed by atoms with Crippen LogP contribution in [0, 0.1) is 0 Å². The highest BCUT2D eigenvalue weighted by Gasteiger charge is 2.42. The minimum atomic E-state index is -0.385. The monoisotopic (exact) mass is 398 g/mol. The van der Waals surface area contributed by atoms with Crippen LogP contribution in [-0.2, 0) is 14.3 Å². The van der Waals surface area contributed by atoms with Crippen LogP contribution in [0.4, 0.5) is 0 Å². The summed E-state index contributed by atoms with van der Waals surface area (Å²) < 4.78 is 6.30. The number of amides is 2. The zero-order chi connectivity index (χ0) is 16.4. The molecule has 0 radical (unpaired) electrons. The lowest BCUT2D eigenvalue weighted by Gasteiger charge is -2.33. The second-order valence-electron chi connectivity index (χ2n) is 5.62. The fourth-order valence-electron chi connectivity index (χ4n) is 2.96. The molecule has 2 atom stereocenters. The van der Waals surface area contributed by atoms with Crippen LogP contribution in [0.5, 0.6) is 0 Å². The number of hydrogen-bond donors (Lipinski definition) is 0. The third kappa shape index (κ3) is 3.56. The van der Waals surface area contributed by atoms with Crippen LogP contribution >= 0.6 is 27.7 Å². The number of benzene rings is 1. The van der Waals surface area contributed by atoms with Gasteiger partial charge in [0.15, 0.2) is 0 Å². The van der Waals surface area contributed by atoms with Crippen molar-refractivity contribution in [1.82, 2.24) is 9.80 Å². The van der Waals surface area contributed by atoms with Crippen molar-refractivity contribution in [3.05, 3.63) is 34.3 Å². The predicted molar refractivity (Wildman–Crippen MR) is 93.0 cm³/mol. The molecule has 2 fully saturated rings. The van der Waals surface area contributed by atoms with E-state index in [1.165, 1.54) is 6.92 Å². The smallest absolute Gasteiger partial charge is 0.246 e. The lowest BCUT2D eigenvalue weighted by molar-refractivity contribution is -0.146. The molecule has 2 heterocycles. The predicted octanol–water partition coefficient (Wildman–Crippen LogP) is 2.27. The van der Waals surface area contributed by atoms with E-state index in [1.54, 1.807) is 16.7 Å². The largest absolute Gasteiger partial charge is 0.378 e. The number of nitrogens with zero attached hydrogens (tertiary/aromatic N) is 2. The van der Waals surface area contributed by atoms with E-state index >= 15 is 0 Å². The van der Waals surface area contributed by atoms with E-state index in [-0.39, 0.29) is 23.2 Å². The van der Waals surface area contributed by atoms with E-state index in [9.17, 15) is 9.59 Å². The Balaban J connectivity index is 1.80. The Labute approximate surface area is 148 Å². The molecule has 1 aromatic carbocycles. The van der Waals surface area contributed by atoms with Gasteiger partial charge in [0.1, 0.15) is 11.4 Å². The Hall–Kier alpha value is -1.05. The maximum Gasteiger partial charge on any atom is 0.246 e. The van der Waals surface area contributed by atoms with Crippen molar-refractivity contribution >= 4 is 39.5 Å². The van der Waals surface area contributed by atoms with Gasteiger partial charge in [0.2, 0.25) is 11.8 Å². The van der Waals surface area contributed by atoms with Crippen molar-refractivity contribution < 1.29 is 14.3 Å². The number of ether oxygens (including phenoxy) is 1. The molecule has 0 unspecified atom stereocenters. The summed E-state index contributed by atoms with van der Waals surface area (Å²) in [6.45, 7) is 3.89. The van der Waals surface area contributed by atoms with Gasteiger partial charge in [-0.2, -0.15) is 0 Å². The standard InChI is InChI=1S/C16H19BrN2O3S/c1-11(20)19-14(15(21)18-6-8-22-9-7-18)10-23-16(19)12-2-4-13(17)5-3-12/h2-5,14,16H,6-10H2,1H3/t14-,16-/m1/s1. The summed E-state index contributed by atoms with van der Waals surface area (Å²) in [4.78, 5) is 28.5. The van der Waals surface area contributed by atoms with E-state index in [1.807, 2.05) is 29.2 Å². The summed E-state index contributed by atoms with van der Waals surface area (Å²) >= 11 is 5.07. The fourth-order valence-corrected chi connectivity index (χ4v) is 4.70. The molecule has 3 rings (SSSR count). The van der Waals surface area contributed by atoms with Gasteiger partial charge in [-0.25, -0.2) is 0 Å². The lowest BCUT2D eigenvalue weighted by atomic mass is 10.1. The molecule has 2 aliphatic heterocycles. The van der Waals surface area contributed by atoms with Gasteiger partial charge in [0.25, 0.3) is 0 Å². The number of thioether (sulfide) groups is 1. The number of rotatable bonds is 2. The van der Waals surface area contributed by atoms with E-state index < -0.39 is 0 Å². The van der Waals surface area contributed by atoms with E-state index in [0.29, 0.717) is 32.1 Å². The van der Waals surface area contributed by atoms with Gasteiger partial charge in [-0.1, -0.05) is 28.1 Å². The Morgan fingerprint density at radius 3 is 2.48 bits per heavy atom. The Morgan fingerprint density at radius 1 is 1.22 bits per heavy atom. The molecular formula is C16H19BrN2O3S. The Kier molecular flexibility index (Phi) is 5.28. The van der Waals surface area contributed by atoms with Crippen molar-refractivity contribution in [1.29, 1.82) is 0 Å². The highest BCUT2D eigenvalue weighted by Crippen LogP contribution is 2.42. The second kappa shape index (κ2) is 7.23. The second-order valence-corrected chi connectivity index (χ2v) is 7.65. The van der Waals surface area contributed by atoms with E-state index in [2.05, 4.69) is 15.9 Å². The minimum absolute atomic E-state index is 0.0376. The van der Waals surface area contributed by atoms with Crippen LogP contribution in [0.1, 0.15) is 17.9 Å². The number of halogens is 1. The van der Waals surface area contributed by atoms with Crippen molar-refractivity contribution in [2.75, 3.05) is 32.1 Å². The molecule has 0 bridgehead atoms. The summed E-state index contributed by atoms with van der Waals surface area (Å²) in [6, 6.07) is 7.54. The van der Waals surface area contributed by atoms with Gasteiger partial charge in [-0.3, -0.25) is 9.59 Å². The van der Waals surface area contributed by atoms with Crippen molar-refractivity contribution in [3.8, 4) is 0 Å². The maximum absolute atomic E-state index is 12.8. The molecule has 0 saturated carbocycles. The van der Waals surface area contributed by atoms with Gasteiger partial charge < -0.3 is 14.5 Å². The van der Waals surface area contributed by atoms with Crippen LogP contribution in [-0.4, -0.2) is 59.7 Å². The average Bonchev–Trinajstić information content (AvgIpc) is 3.01. The average molecular weight is 399 g/mol. The molecule has 2 amide bonds. The van der Waals surface area contributed by atoms with Gasteiger partial charge in [-0.15, -0.1) is 11.8 Å². The van der Waals surface area contributed by atoms with Crippen molar-refractivity contribution in [3.63, 3.8) is 0 Å². The first-order chi connectivity index (χ1) is 11.1. The Morgan fingerprint density at radius 2 is 1.87 bits per heavy atom. The molecule has 2 saturated heterocycles. The van der Waals surface area contributed by atoms with Gasteiger partial charge in [0, 0.05) is 30.2 Å². The molecule has 2 aliphatic rings. The minimum Gasteiger partial charge on any atom is -0.378 e. The zero-order valence-electron chi connectivity index (χ0n) is 12.9. The zero-order valence-corrected chi connectivity index (χ0v) is 15.3. The number of hydrogen-bond acceptors (Lipinski definition) is 4. The molecule has 124 valence electrons. The van der Waals surface area contributed by atoms with Crippen LogP contribution in [0.3, 0.4) is 0 Å². The summed E-state index contributed by atoms with van der Waals surface area (Å²) in [5.74, 6) is 0.612. The molecular weight excluding hydrogens is 380 g/mol. The van der Waals surface area contributed by atoms with Crippen LogP contribution in [0.25, 0.3) is 0 Å². The summed E-state index contributed by atoms with van der Waals surface area (Å²) in [5, 5.41) is -0.101. The van der Waals surface area contributed by atoms with Gasteiger partial charge in [-0.05, 0) is 17.7 Å². The van der Waals surface area contributed by atoms with E-state index in [4.69, 9.17) is 4.74 Å². The number of carbonyl (C=O) groups excluding carboxylic acids is 2. The van der Waals surface area contributed by atoms with Crippen LogP contribution < -0.4 is 0 Å². The topological polar surface area (TPSA) is 49.9 Å². The molecule has 23 heavy (non-hydrogen) atoms. The number of carbonyl (C=O) groups is 2. The van der Waals surface area contributed by atoms with Crippen LogP contribution in [0.2, 0.25) is 0 Å². The van der Waals surface area contributed by atoms with Crippen molar-refractivity contribution in [2.45, 2.75) is 18.3 Å². The lowest BCUT2D eigenvalue weighted by Crippen LogP contribution is -2.52. The molecule has 0 spiro atoms. The van der Waals surface area contributed by atoms with Crippen LogP contribution in [0.15, 0.2) is 28.7 Å². The quantitative estimate of drug-likeness (QED) is 0.766. The molecule has 7 heteroatoms. The highest BCUT2D eigenvalue weighted by molar-refractivity contribution is 9.10. The number of morpholine rings is 1. The summed E-state index contributed by atoms with van der Waals surface area (Å²) in [7, 11) is 0. The molecule has 0 aromatic heterocycles. The molecule has 1 aromatic rings. The molecule has 0 N–H and O–H groups in total. The molecule has 0 aliphatic carbocycles. The summed E-state index contributed by atoms with van der Waals surface area (Å²) in [5.41, 5.74) is 1.05. The van der Waals surface area contributed by atoms with Gasteiger partial charge in [0.05, 0.1) is 13.2 Å². The fraction of sp³-hybridized carbons (Fsp3) is 0.500. The third-order valence-electron chi connectivity index (χ3n) is 4.13. The molecule has 5 nitrogen and oxygen atoms in total. The third-order valence-corrected chi connectivity index (χ3v) is 5.98. The van der Waals surface area contributed by atoms with Crippen molar-refractivity contribution in [2.24, 2.45) is 0 Å².